The average Bonchev–Trinajstić information content (AvgIpc) is 2.68. The number of halogens is 3. The number of hydrogen-bond donors (Lipinski definition) is 1. The summed E-state index contributed by atoms with van der Waals surface area (Å²) in [6.45, 7) is 1.35. The average molecular weight is 362 g/mol. The summed E-state index contributed by atoms with van der Waals surface area (Å²) < 4.78 is 39.9. The van der Waals surface area contributed by atoms with Gasteiger partial charge in [-0.2, -0.15) is 0 Å². The zero-order chi connectivity index (χ0) is 18.7. The Bertz CT molecular complexity index is 849. The summed E-state index contributed by atoms with van der Waals surface area (Å²) in [5, 5.41) is 2.19. The molecule has 2 aromatic rings. The van der Waals surface area contributed by atoms with Crippen molar-refractivity contribution in [1.82, 2.24) is 4.90 Å². The van der Waals surface area contributed by atoms with Crippen molar-refractivity contribution in [1.29, 1.82) is 0 Å². The van der Waals surface area contributed by atoms with Gasteiger partial charge in [-0.3, -0.25) is 9.59 Å². The van der Waals surface area contributed by atoms with E-state index in [4.69, 9.17) is 0 Å². The lowest BCUT2D eigenvalue weighted by molar-refractivity contribution is 0.0724. The lowest BCUT2D eigenvalue weighted by Crippen LogP contribution is -2.35. The molecule has 1 aliphatic rings. The normalized spacial score (nSPS) is 14.2. The predicted octanol–water partition coefficient (Wildman–Crippen LogP) is 3.98. The Morgan fingerprint density at radius 1 is 0.885 bits per heavy atom. The summed E-state index contributed by atoms with van der Waals surface area (Å²) in [5.74, 6) is -5.35. The number of carbonyl (C=O) groups excluding carboxylic acids is 2. The molecule has 0 aromatic heterocycles. The standard InChI is InChI=1S/C19H17F3N2O2/c20-14-7-8-15(17(22)16(14)21)23-18(25)12-5-4-6-13(11-12)19(26)24-9-2-1-3-10-24/h4-8,11H,1-3,9-10H2,(H,23,25). The second kappa shape index (κ2) is 7.59. The molecule has 7 heteroatoms. The third-order valence-electron chi connectivity index (χ3n) is 4.30. The van der Waals surface area contributed by atoms with Crippen molar-refractivity contribution in [3.8, 4) is 0 Å². The SMILES string of the molecule is O=C(Nc1ccc(F)c(F)c1F)c1cccc(C(=O)N2CCCCC2)c1. The van der Waals surface area contributed by atoms with Gasteiger partial charge >= 0.3 is 0 Å². The van der Waals surface area contributed by atoms with Gasteiger partial charge in [-0.15, -0.1) is 0 Å². The van der Waals surface area contributed by atoms with Crippen LogP contribution in [0.1, 0.15) is 40.0 Å². The van der Waals surface area contributed by atoms with Crippen molar-refractivity contribution in [3.63, 3.8) is 0 Å². The van der Waals surface area contributed by atoms with E-state index in [1.165, 1.54) is 12.1 Å². The molecule has 0 bridgehead atoms. The Morgan fingerprint density at radius 2 is 1.58 bits per heavy atom. The Morgan fingerprint density at radius 3 is 2.31 bits per heavy atom. The zero-order valence-corrected chi connectivity index (χ0v) is 13.9. The van der Waals surface area contributed by atoms with Gasteiger partial charge in [0.05, 0.1) is 5.69 Å². The molecule has 1 fully saturated rings. The van der Waals surface area contributed by atoms with Crippen molar-refractivity contribution >= 4 is 17.5 Å². The third kappa shape index (κ3) is 3.71. The van der Waals surface area contributed by atoms with Gasteiger partial charge in [-0.05, 0) is 49.6 Å². The van der Waals surface area contributed by atoms with Crippen molar-refractivity contribution in [2.75, 3.05) is 18.4 Å². The number of benzene rings is 2. The highest BCUT2D eigenvalue weighted by atomic mass is 19.2. The van der Waals surface area contributed by atoms with Crippen LogP contribution in [0.3, 0.4) is 0 Å². The number of carbonyl (C=O) groups is 2. The minimum atomic E-state index is -1.66. The molecule has 0 radical (unpaired) electrons. The summed E-state index contributed by atoms with van der Waals surface area (Å²) in [4.78, 5) is 26.5. The van der Waals surface area contributed by atoms with Crippen LogP contribution in [0.15, 0.2) is 36.4 Å². The van der Waals surface area contributed by atoms with E-state index in [1.54, 1.807) is 17.0 Å². The van der Waals surface area contributed by atoms with E-state index in [2.05, 4.69) is 5.32 Å². The highest BCUT2D eigenvalue weighted by Gasteiger charge is 2.20. The molecule has 2 amide bonds. The minimum absolute atomic E-state index is 0.122. The largest absolute Gasteiger partial charge is 0.339 e. The quantitative estimate of drug-likeness (QED) is 0.840. The first-order valence-electron chi connectivity index (χ1n) is 8.31. The first kappa shape index (κ1) is 18.0. The number of anilines is 1. The van der Waals surface area contributed by atoms with Gasteiger partial charge in [-0.25, -0.2) is 13.2 Å². The van der Waals surface area contributed by atoms with Gasteiger partial charge in [0.15, 0.2) is 17.5 Å². The van der Waals surface area contributed by atoms with Gasteiger partial charge in [0.1, 0.15) is 0 Å². The number of hydrogen-bond acceptors (Lipinski definition) is 2. The summed E-state index contributed by atoms with van der Waals surface area (Å²) in [7, 11) is 0. The van der Waals surface area contributed by atoms with Crippen LogP contribution in [0.5, 0.6) is 0 Å². The Labute approximate surface area is 148 Å². The maximum atomic E-state index is 13.7. The number of likely N-dealkylation sites (tertiary alicyclic amines) is 1. The van der Waals surface area contributed by atoms with Crippen molar-refractivity contribution < 1.29 is 22.8 Å². The van der Waals surface area contributed by atoms with E-state index < -0.39 is 29.0 Å². The molecule has 1 N–H and O–H groups in total. The van der Waals surface area contributed by atoms with Crippen LogP contribution in [-0.4, -0.2) is 29.8 Å². The van der Waals surface area contributed by atoms with Crippen LogP contribution < -0.4 is 5.32 Å². The summed E-state index contributed by atoms with van der Waals surface area (Å²) in [6.07, 6.45) is 2.98. The van der Waals surface area contributed by atoms with Gasteiger partial charge in [-0.1, -0.05) is 6.07 Å². The molecule has 0 atom stereocenters. The smallest absolute Gasteiger partial charge is 0.255 e. The molecule has 136 valence electrons. The van der Waals surface area contributed by atoms with E-state index in [0.29, 0.717) is 18.7 Å². The zero-order valence-electron chi connectivity index (χ0n) is 13.9. The third-order valence-corrected chi connectivity index (χ3v) is 4.30. The Hall–Kier alpha value is -2.83. The molecule has 1 heterocycles. The molecule has 0 spiro atoms. The fraction of sp³-hybridized carbons (Fsp3) is 0.263. The molecule has 0 saturated carbocycles. The summed E-state index contributed by atoms with van der Waals surface area (Å²) >= 11 is 0. The molecule has 1 aliphatic heterocycles. The number of rotatable bonds is 3. The van der Waals surface area contributed by atoms with Crippen molar-refractivity contribution in [3.05, 3.63) is 65.0 Å². The maximum absolute atomic E-state index is 13.7. The van der Waals surface area contributed by atoms with E-state index in [9.17, 15) is 22.8 Å². The van der Waals surface area contributed by atoms with E-state index in [-0.39, 0.29) is 11.5 Å². The minimum Gasteiger partial charge on any atom is -0.339 e. The van der Waals surface area contributed by atoms with Gasteiger partial charge in [0.25, 0.3) is 11.8 Å². The first-order valence-corrected chi connectivity index (χ1v) is 8.31. The number of amides is 2. The van der Waals surface area contributed by atoms with Gasteiger partial charge in [0.2, 0.25) is 0 Å². The van der Waals surface area contributed by atoms with Crippen LogP contribution in [0, 0.1) is 17.5 Å². The molecule has 2 aromatic carbocycles. The molecule has 3 rings (SSSR count). The van der Waals surface area contributed by atoms with Crippen LogP contribution in [-0.2, 0) is 0 Å². The monoisotopic (exact) mass is 362 g/mol. The molecule has 4 nitrogen and oxygen atoms in total. The van der Waals surface area contributed by atoms with E-state index >= 15 is 0 Å². The summed E-state index contributed by atoms with van der Waals surface area (Å²) in [6, 6.07) is 7.68. The first-order chi connectivity index (χ1) is 12.5. The fourth-order valence-corrected chi connectivity index (χ4v) is 2.89. The molecular weight excluding hydrogens is 345 g/mol. The molecule has 0 unspecified atom stereocenters. The molecule has 26 heavy (non-hydrogen) atoms. The molecular formula is C19H17F3N2O2. The molecule has 1 saturated heterocycles. The number of nitrogens with one attached hydrogen (secondary N) is 1. The van der Waals surface area contributed by atoms with Crippen LogP contribution >= 0.6 is 0 Å². The van der Waals surface area contributed by atoms with Crippen LogP contribution in [0.4, 0.5) is 18.9 Å². The van der Waals surface area contributed by atoms with Crippen molar-refractivity contribution in [2.45, 2.75) is 19.3 Å². The lowest BCUT2D eigenvalue weighted by atomic mass is 10.1. The number of piperidine rings is 1. The Balaban J connectivity index is 1.78. The van der Waals surface area contributed by atoms with Gasteiger partial charge in [0, 0.05) is 24.2 Å². The van der Waals surface area contributed by atoms with Crippen LogP contribution in [0.25, 0.3) is 0 Å². The highest BCUT2D eigenvalue weighted by molar-refractivity contribution is 6.06. The fourth-order valence-electron chi connectivity index (χ4n) is 2.89. The van der Waals surface area contributed by atoms with Crippen LogP contribution in [0.2, 0.25) is 0 Å². The lowest BCUT2D eigenvalue weighted by Gasteiger charge is -2.26. The van der Waals surface area contributed by atoms with E-state index in [1.807, 2.05) is 0 Å². The predicted molar refractivity (Wildman–Crippen MR) is 90.5 cm³/mol. The highest BCUT2D eigenvalue weighted by Crippen LogP contribution is 2.21. The number of nitrogens with zero attached hydrogens (tertiary/aromatic N) is 1. The second-order valence-corrected chi connectivity index (χ2v) is 6.11. The van der Waals surface area contributed by atoms with Gasteiger partial charge < -0.3 is 10.2 Å². The second-order valence-electron chi connectivity index (χ2n) is 6.11. The maximum Gasteiger partial charge on any atom is 0.255 e. The topological polar surface area (TPSA) is 49.4 Å². The summed E-state index contributed by atoms with van der Waals surface area (Å²) in [5.41, 5.74) is 0.00367. The van der Waals surface area contributed by atoms with E-state index in [0.717, 1.165) is 31.4 Å². The molecule has 0 aliphatic carbocycles. The Kier molecular flexibility index (Phi) is 5.25. The van der Waals surface area contributed by atoms with Crippen molar-refractivity contribution in [2.24, 2.45) is 0 Å².